The first-order valence-electron chi connectivity index (χ1n) is 12.3. The van der Waals surface area contributed by atoms with Crippen molar-refractivity contribution in [2.24, 2.45) is 5.41 Å². The van der Waals surface area contributed by atoms with E-state index in [0.717, 1.165) is 11.1 Å². The molecule has 2 aromatic carbocycles. The number of ether oxygens (including phenoxy) is 1. The Bertz CT molecular complexity index is 1060. The second-order valence-electron chi connectivity index (χ2n) is 10.0. The zero-order chi connectivity index (χ0) is 26.6. The lowest BCUT2D eigenvalue weighted by molar-refractivity contribution is -0.161. The van der Waals surface area contributed by atoms with E-state index in [0.29, 0.717) is 28.6 Å². The van der Waals surface area contributed by atoms with Gasteiger partial charge in [0.05, 0.1) is 31.0 Å². The van der Waals surface area contributed by atoms with Crippen LogP contribution in [0.15, 0.2) is 48.5 Å². The third-order valence-electron chi connectivity index (χ3n) is 7.10. The average Bonchev–Trinajstić information content (AvgIpc) is 2.84. The minimum absolute atomic E-state index is 0.0295. The minimum atomic E-state index is -1.12. The molecule has 196 valence electrons. The number of methoxy groups -OCH3 is 1. The van der Waals surface area contributed by atoms with Crippen LogP contribution in [0.1, 0.15) is 70.0 Å². The number of nitrogens with zero attached hydrogens (tertiary/aromatic N) is 1. The van der Waals surface area contributed by atoms with E-state index in [1.807, 2.05) is 81.1 Å². The van der Waals surface area contributed by atoms with E-state index in [-0.39, 0.29) is 35.6 Å². The molecule has 8 heteroatoms. The monoisotopic (exact) mass is 551 g/mol. The number of esters is 1. The van der Waals surface area contributed by atoms with E-state index < -0.39 is 22.6 Å². The third-order valence-corrected chi connectivity index (χ3v) is 9.35. The van der Waals surface area contributed by atoms with Crippen molar-refractivity contribution in [3.8, 4) is 0 Å². The lowest BCUT2D eigenvalue weighted by Crippen LogP contribution is -2.57. The van der Waals surface area contributed by atoms with Gasteiger partial charge in [-0.25, -0.2) is 0 Å². The highest BCUT2D eigenvalue weighted by atomic mass is 35.5. The van der Waals surface area contributed by atoms with Crippen LogP contribution in [0.3, 0.4) is 0 Å². The maximum absolute atomic E-state index is 14.3. The van der Waals surface area contributed by atoms with Crippen molar-refractivity contribution >= 4 is 46.3 Å². The van der Waals surface area contributed by atoms with Gasteiger partial charge in [0, 0.05) is 16.0 Å². The predicted molar refractivity (Wildman–Crippen MR) is 147 cm³/mol. The number of halogens is 2. The zero-order valence-electron chi connectivity index (χ0n) is 21.5. The summed E-state index contributed by atoms with van der Waals surface area (Å²) in [7, 11) is 1.34. The van der Waals surface area contributed by atoms with Crippen molar-refractivity contribution in [1.82, 2.24) is 4.90 Å². The van der Waals surface area contributed by atoms with Gasteiger partial charge in [0.25, 0.3) is 0 Å². The summed E-state index contributed by atoms with van der Waals surface area (Å²) in [6.07, 6.45) is 1.03. The van der Waals surface area contributed by atoms with E-state index in [1.54, 1.807) is 0 Å². The second-order valence-corrected chi connectivity index (χ2v) is 13.0. The summed E-state index contributed by atoms with van der Waals surface area (Å²) < 4.78 is 18.0. The maximum Gasteiger partial charge on any atom is 0.306 e. The molecule has 2 aromatic rings. The highest BCUT2D eigenvalue weighted by molar-refractivity contribution is 7.92. The summed E-state index contributed by atoms with van der Waals surface area (Å²) in [6, 6.07) is 14.6. The fraction of sp³-hybridized carbons (Fsp3) is 0.500. The van der Waals surface area contributed by atoms with Crippen LogP contribution < -0.4 is 0 Å². The minimum Gasteiger partial charge on any atom is -0.616 e. The number of hydrogen-bond acceptors (Lipinski definition) is 4. The van der Waals surface area contributed by atoms with E-state index in [2.05, 4.69) is 0 Å². The Balaban J connectivity index is 2.22. The molecule has 3 rings (SSSR count). The summed E-state index contributed by atoms with van der Waals surface area (Å²) in [4.78, 5) is 28.7. The first kappa shape index (κ1) is 28.8. The normalized spacial score (nSPS) is 24.0. The molecule has 0 bridgehead atoms. The number of amides is 1. The summed E-state index contributed by atoms with van der Waals surface area (Å²) in [5.41, 5.74) is 0.929. The zero-order valence-corrected chi connectivity index (χ0v) is 23.8. The number of likely N-dealkylation sites (tertiary alicyclic amines) is 1. The first-order chi connectivity index (χ1) is 17.0. The van der Waals surface area contributed by atoms with Crippen LogP contribution in [-0.2, 0) is 25.5 Å². The predicted octanol–water partition coefficient (Wildman–Crippen LogP) is 6.56. The fourth-order valence-corrected chi connectivity index (χ4v) is 6.60. The number of benzene rings is 2. The molecule has 0 aromatic heterocycles. The number of carbonyl (C=O) groups excluding carboxylic acids is 2. The van der Waals surface area contributed by atoms with Crippen LogP contribution in [0, 0.1) is 5.41 Å². The number of piperidine rings is 1. The Hall–Kier alpha value is -1.73. The van der Waals surface area contributed by atoms with Gasteiger partial charge in [-0.3, -0.25) is 9.59 Å². The molecule has 1 aliphatic heterocycles. The highest BCUT2D eigenvalue weighted by Crippen LogP contribution is 2.52. The van der Waals surface area contributed by atoms with Gasteiger partial charge >= 0.3 is 5.97 Å². The molecule has 0 unspecified atom stereocenters. The molecule has 1 amide bonds. The van der Waals surface area contributed by atoms with E-state index in [9.17, 15) is 14.1 Å². The fourth-order valence-electron chi connectivity index (χ4n) is 5.11. The van der Waals surface area contributed by atoms with Crippen LogP contribution in [0.25, 0.3) is 0 Å². The Morgan fingerprint density at radius 1 is 1.17 bits per heavy atom. The molecule has 0 radical (unpaired) electrons. The Labute approximate surface area is 227 Å². The standard InChI is InChI=1S/C28H35Cl2NO4S/c1-6-23(17-36(34)18(2)3)31-26(19-10-12-21(29)13-11-19)24(20-8-7-9-22(30)14-20)15-28(4,27(31)33)16-25(32)35-5/h7-14,18,23-24,26H,6,15-17H2,1-5H3/t23-,24-,26-,28-,36+/m1/s1. The Kier molecular flexibility index (Phi) is 9.78. The van der Waals surface area contributed by atoms with Gasteiger partial charge < -0.3 is 14.2 Å². The number of carbonyl (C=O) groups is 2. The lowest BCUT2D eigenvalue weighted by atomic mass is 9.67. The van der Waals surface area contributed by atoms with E-state index >= 15 is 0 Å². The molecule has 0 N–H and O–H groups in total. The van der Waals surface area contributed by atoms with Crippen molar-refractivity contribution in [3.05, 3.63) is 69.7 Å². The second kappa shape index (κ2) is 12.2. The molecule has 36 heavy (non-hydrogen) atoms. The number of rotatable bonds is 9. The van der Waals surface area contributed by atoms with Gasteiger partial charge in [-0.2, -0.15) is 0 Å². The van der Waals surface area contributed by atoms with Gasteiger partial charge in [0.1, 0.15) is 11.0 Å². The van der Waals surface area contributed by atoms with Crippen LogP contribution in [0.2, 0.25) is 10.0 Å². The largest absolute Gasteiger partial charge is 0.616 e. The first-order valence-corrected chi connectivity index (χ1v) is 14.4. The highest BCUT2D eigenvalue weighted by Gasteiger charge is 2.53. The lowest BCUT2D eigenvalue weighted by Gasteiger charge is -2.51. The molecule has 1 saturated heterocycles. The molecular formula is C28H35Cl2NO4S. The molecule has 0 saturated carbocycles. The molecule has 0 spiro atoms. The Morgan fingerprint density at radius 2 is 1.83 bits per heavy atom. The molecular weight excluding hydrogens is 517 g/mol. The van der Waals surface area contributed by atoms with Crippen molar-refractivity contribution in [2.75, 3.05) is 12.9 Å². The van der Waals surface area contributed by atoms with Crippen LogP contribution in [-0.4, -0.2) is 45.5 Å². The van der Waals surface area contributed by atoms with Crippen LogP contribution in [0.4, 0.5) is 0 Å². The van der Waals surface area contributed by atoms with E-state index in [4.69, 9.17) is 27.9 Å². The van der Waals surface area contributed by atoms with Crippen molar-refractivity contribution in [2.45, 2.75) is 70.2 Å². The summed E-state index contributed by atoms with van der Waals surface area (Å²) in [5.74, 6) is -0.350. The van der Waals surface area contributed by atoms with Gasteiger partial charge in [-0.05, 0) is 73.3 Å². The van der Waals surface area contributed by atoms with Gasteiger partial charge in [0.2, 0.25) is 5.91 Å². The van der Waals surface area contributed by atoms with E-state index in [1.165, 1.54) is 7.11 Å². The van der Waals surface area contributed by atoms with Gasteiger partial charge in [-0.15, -0.1) is 0 Å². The van der Waals surface area contributed by atoms with Crippen LogP contribution in [0.5, 0.6) is 0 Å². The number of hydrogen-bond donors (Lipinski definition) is 0. The molecule has 1 fully saturated rings. The smallest absolute Gasteiger partial charge is 0.306 e. The van der Waals surface area contributed by atoms with Gasteiger partial charge in [-0.1, -0.05) is 61.3 Å². The summed E-state index contributed by atoms with van der Waals surface area (Å²) in [5, 5.41) is 1.18. The van der Waals surface area contributed by atoms with Crippen LogP contribution >= 0.6 is 23.2 Å². The van der Waals surface area contributed by atoms with Gasteiger partial charge in [0.15, 0.2) is 0 Å². The Morgan fingerprint density at radius 3 is 2.39 bits per heavy atom. The maximum atomic E-state index is 14.3. The molecule has 0 aliphatic carbocycles. The topological polar surface area (TPSA) is 69.7 Å². The molecule has 5 nitrogen and oxygen atoms in total. The SMILES string of the molecule is CC[C@H](C[S@+]([O-])C(C)C)N1C(=O)[C@@](C)(CC(=O)OC)C[C@H](c2cccc(Cl)c2)[C@H]1c1ccc(Cl)cc1. The molecule has 5 atom stereocenters. The van der Waals surface area contributed by atoms with Crippen molar-refractivity contribution in [1.29, 1.82) is 0 Å². The molecule has 1 heterocycles. The average molecular weight is 553 g/mol. The quantitative estimate of drug-likeness (QED) is 0.261. The van der Waals surface area contributed by atoms with Crippen molar-refractivity contribution in [3.63, 3.8) is 0 Å². The molecule has 1 aliphatic rings. The van der Waals surface area contributed by atoms with Crippen molar-refractivity contribution < 1.29 is 18.9 Å². The third kappa shape index (κ3) is 6.39. The summed E-state index contributed by atoms with van der Waals surface area (Å²) >= 11 is 11.5. The summed E-state index contributed by atoms with van der Waals surface area (Å²) in [6.45, 7) is 7.69.